The van der Waals surface area contributed by atoms with Crippen molar-refractivity contribution in [2.45, 2.75) is 11.1 Å². The molecule has 0 saturated carbocycles. The zero-order valence-electron chi connectivity index (χ0n) is 10.2. The number of nitrogens with zero attached hydrogens (tertiary/aromatic N) is 1. The summed E-state index contributed by atoms with van der Waals surface area (Å²) < 4.78 is 63.6. The van der Waals surface area contributed by atoms with Crippen LogP contribution in [0.15, 0.2) is 47.5 Å². The van der Waals surface area contributed by atoms with Crippen LogP contribution >= 0.6 is 11.6 Å². The van der Waals surface area contributed by atoms with E-state index in [1.165, 1.54) is 24.3 Å². The number of pyridine rings is 1. The van der Waals surface area contributed by atoms with Crippen molar-refractivity contribution < 1.29 is 21.6 Å². The van der Waals surface area contributed by atoms with Gasteiger partial charge in [0.05, 0.1) is 15.5 Å². The van der Waals surface area contributed by atoms with E-state index in [1.807, 2.05) is 0 Å². The number of nitrogens with one attached hydrogen (secondary N) is 1. The minimum absolute atomic E-state index is 0.0391. The molecule has 1 aromatic heterocycles. The maximum absolute atomic E-state index is 12.5. The summed E-state index contributed by atoms with van der Waals surface area (Å²) >= 11 is 5.49. The first-order valence-corrected chi connectivity index (χ1v) is 7.37. The Morgan fingerprint density at radius 3 is 2.29 bits per heavy atom. The second-order valence-electron chi connectivity index (χ2n) is 3.97. The van der Waals surface area contributed by atoms with Gasteiger partial charge in [-0.2, -0.15) is 13.2 Å². The fourth-order valence-electron chi connectivity index (χ4n) is 1.49. The average Bonchev–Trinajstić information content (AvgIpc) is 2.37. The van der Waals surface area contributed by atoms with Crippen molar-refractivity contribution in [3.63, 3.8) is 0 Å². The minimum atomic E-state index is -4.65. The summed E-state index contributed by atoms with van der Waals surface area (Å²) in [5, 5.41) is -0.636. The summed E-state index contributed by atoms with van der Waals surface area (Å²) in [6.07, 6.45) is -4.17. The highest BCUT2D eigenvalue weighted by atomic mass is 35.5. The van der Waals surface area contributed by atoms with Crippen LogP contribution in [0.2, 0.25) is 5.02 Å². The van der Waals surface area contributed by atoms with Gasteiger partial charge in [-0.3, -0.25) is 4.72 Å². The molecule has 0 spiro atoms. The predicted molar refractivity (Wildman–Crippen MR) is 71.5 cm³/mol. The second kappa shape index (κ2) is 5.53. The van der Waals surface area contributed by atoms with Crippen LogP contribution in [0, 0.1) is 0 Å². The first-order chi connectivity index (χ1) is 9.70. The summed E-state index contributed by atoms with van der Waals surface area (Å²) in [6.45, 7) is 0. The third-order valence-corrected chi connectivity index (χ3v) is 4.13. The monoisotopic (exact) mass is 336 g/mol. The molecule has 0 saturated heterocycles. The maximum atomic E-state index is 12.5. The number of benzene rings is 1. The molecule has 0 aliphatic rings. The van der Waals surface area contributed by atoms with Gasteiger partial charge >= 0.3 is 6.18 Å². The molecule has 0 atom stereocenters. The maximum Gasteiger partial charge on any atom is 0.419 e. The van der Waals surface area contributed by atoms with Crippen LogP contribution in [0.5, 0.6) is 0 Å². The van der Waals surface area contributed by atoms with Crippen LogP contribution in [0.4, 0.5) is 19.0 Å². The van der Waals surface area contributed by atoms with E-state index in [2.05, 4.69) is 9.71 Å². The molecule has 0 aliphatic carbocycles. The number of halogens is 4. The van der Waals surface area contributed by atoms with Crippen LogP contribution in [0.1, 0.15) is 5.56 Å². The fourth-order valence-corrected chi connectivity index (χ4v) is 2.77. The molecule has 1 aromatic carbocycles. The quantitative estimate of drug-likeness (QED) is 0.932. The van der Waals surface area contributed by atoms with Crippen LogP contribution in [-0.4, -0.2) is 13.4 Å². The molecule has 0 bridgehead atoms. The lowest BCUT2D eigenvalue weighted by Gasteiger charge is -2.11. The highest BCUT2D eigenvalue weighted by molar-refractivity contribution is 7.92. The lowest BCUT2D eigenvalue weighted by molar-refractivity contribution is -0.137. The zero-order chi connectivity index (χ0) is 15.7. The molecule has 2 rings (SSSR count). The Bertz CT molecular complexity index is 749. The number of anilines is 1. The highest BCUT2D eigenvalue weighted by Gasteiger charge is 2.34. The number of rotatable bonds is 3. The standard InChI is InChI=1S/C12H8ClF3N2O2S/c13-10-6-11(17-7-9(10)12(14,15)16)18-21(19,20)8-4-2-1-3-5-8/h1-7H,(H,17,18). The predicted octanol–water partition coefficient (Wildman–Crippen LogP) is 3.55. The highest BCUT2D eigenvalue weighted by Crippen LogP contribution is 2.35. The van der Waals surface area contributed by atoms with Crippen LogP contribution in [0.3, 0.4) is 0 Å². The number of sulfonamides is 1. The molecule has 21 heavy (non-hydrogen) atoms. The Morgan fingerprint density at radius 1 is 1.14 bits per heavy atom. The van der Waals surface area contributed by atoms with Crippen LogP contribution in [0.25, 0.3) is 0 Å². The molecule has 1 heterocycles. The third kappa shape index (κ3) is 3.64. The number of hydrogen-bond donors (Lipinski definition) is 1. The fraction of sp³-hybridized carbons (Fsp3) is 0.0833. The molecule has 0 amide bonds. The van der Waals surface area contributed by atoms with E-state index in [0.717, 1.165) is 6.07 Å². The molecule has 0 radical (unpaired) electrons. The lowest BCUT2D eigenvalue weighted by Crippen LogP contribution is -2.14. The number of aromatic nitrogens is 1. The van der Waals surface area contributed by atoms with Crippen molar-refractivity contribution in [3.8, 4) is 0 Å². The SMILES string of the molecule is O=S(=O)(Nc1cc(Cl)c(C(F)(F)F)cn1)c1ccccc1. The van der Waals surface area contributed by atoms with Crippen molar-refractivity contribution in [1.29, 1.82) is 0 Å². The molecule has 1 N–H and O–H groups in total. The first kappa shape index (κ1) is 15.6. The van der Waals surface area contributed by atoms with Crippen molar-refractivity contribution in [1.82, 2.24) is 4.98 Å². The molecular formula is C12H8ClF3N2O2S. The zero-order valence-corrected chi connectivity index (χ0v) is 11.8. The van der Waals surface area contributed by atoms with Gasteiger partial charge < -0.3 is 0 Å². The molecule has 0 aliphatic heterocycles. The molecule has 9 heteroatoms. The molecular weight excluding hydrogens is 329 g/mol. The van der Waals surface area contributed by atoms with E-state index < -0.39 is 26.8 Å². The third-order valence-electron chi connectivity index (χ3n) is 2.45. The lowest BCUT2D eigenvalue weighted by atomic mass is 10.3. The van der Waals surface area contributed by atoms with Crippen molar-refractivity contribution >= 4 is 27.4 Å². The van der Waals surface area contributed by atoms with Crippen molar-refractivity contribution in [2.75, 3.05) is 4.72 Å². The molecule has 112 valence electrons. The Kier molecular flexibility index (Phi) is 4.11. The Labute approximate surface area is 123 Å². The first-order valence-electron chi connectivity index (χ1n) is 5.51. The second-order valence-corrected chi connectivity index (χ2v) is 6.06. The average molecular weight is 337 g/mol. The molecule has 4 nitrogen and oxygen atoms in total. The number of hydrogen-bond acceptors (Lipinski definition) is 3. The molecule has 2 aromatic rings. The van der Waals surface area contributed by atoms with Gasteiger partial charge in [-0.15, -0.1) is 0 Å². The van der Waals surface area contributed by atoms with Gasteiger partial charge in [-0.1, -0.05) is 29.8 Å². The van der Waals surface area contributed by atoms with E-state index in [1.54, 1.807) is 6.07 Å². The van der Waals surface area contributed by atoms with Gasteiger partial charge in [0.1, 0.15) is 5.82 Å². The summed E-state index contributed by atoms with van der Waals surface area (Å²) in [7, 11) is -3.93. The van der Waals surface area contributed by atoms with Crippen LogP contribution in [-0.2, 0) is 16.2 Å². The smallest absolute Gasteiger partial charge is 0.263 e. The Balaban J connectivity index is 2.31. The van der Waals surface area contributed by atoms with Gasteiger partial charge in [0, 0.05) is 12.3 Å². The normalized spacial score (nSPS) is 12.2. The van der Waals surface area contributed by atoms with Gasteiger partial charge in [0.25, 0.3) is 10.0 Å². The largest absolute Gasteiger partial charge is 0.419 e. The minimum Gasteiger partial charge on any atom is -0.263 e. The number of alkyl halides is 3. The van der Waals surface area contributed by atoms with E-state index in [9.17, 15) is 21.6 Å². The topological polar surface area (TPSA) is 59.1 Å². The van der Waals surface area contributed by atoms with Gasteiger partial charge in [-0.05, 0) is 12.1 Å². The summed E-state index contributed by atoms with van der Waals surface area (Å²) in [6, 6.07) is 8.16. The van der Waals surface area contributed by atoms with E-state index in [-0.39, 0.29) is 10.7 Å². The van der Waals surface area contributed by atoms with Crippen molar-refractivity contribution in [2.24, 2.45) is 0 Å². The summed E-state index contributed by atoms with van der Waals surface area (Å²) in [5.74, 6) is -0.295. The summed E-state index contributed by atoms with van der Waals surface area (Å²) in [5.41, 5.74) is -1.13. The van der Waals surface area contributed by atoms with Gasteiger partial charge in [-0.25, -0.2) is 13.4 Å². The Morgan fingerprint density at radius 2 is 1.76 bits per heavy atom. The van der Waals surface area contributed by atoms with Crippen molar-refractivity contribution in [3.05, 3.63) is 53.2 Å². The van der Waals surface area contributed by atoms with E-state index >= 15 is 0 Å². The molecule has 0 fully saturated rings. The summed E-state index contributed by atoms with van der Waals surface area (Å²) in [4.78, 5) is 3.38. The van der Waals surface area contributed by atoms with Gasteiger partial charge in [0.2, 0.25) is 0 Å². The van der Waals surface area contributed by atoms with E-state index in [4.69, 9.17) is 11.6 Å². The van der Waals surface area contributed by atoms with Gasteiger partial charge in [0.15, 0.2) is 0 Å². The molecule has 0 unspecified atom stereocenters. The van der Waals surface area contributed by atoms with Crippen LogP contribution < -0.4 is 4.72 Å². The van der Waals surface area contributed by atoms with E-state index in [0.29, 0.717) is 6.20 Å². The Hall–Kier alpha value is -1.80.